The van der Waals surface area contributed by atoms with Gasteiger partial charge in [0.25, 0.3) is 5.91 Å². The number of rotatable bonds is 5. The molecule has 0 unspecified atom stereocenters. The Bertz CT molecular complexity index is 1280. The van der Waals surface area contributed by atoms with Gasteiger partial charge in [0.1, 0.15) is 5.75 Å². The van der Waals surface area contributed by atoms with E-state index in [-0.39, 0.29) is 5.91 Å². The first-order valence-electron chi connectivity index (χ1n) is 10.2. The molecule has 0 spiro atoms. The lowest BCUT2D eigenvalue weighted by Gasteiger charge is -2.17. The van der Waals surface area contributed by atoms with Crippen LogP contribution in [0.2, 0.25) is 0 Å². The monoisotopic (exact) mass is 472 g/mol. The Morgan fingerprint density at radius 3 is 2.58 bits per heavy atom. The second-order valence-electron chi connectivity index (χ2n) is 7.65. The van der Waals surface area contributed by atoms with E-state index in [2.05, 4.69) is 40.2 Å². The van der Waals surface area contributed by atoms with Crippen LogP contribution in [-0.4, -0.2) is 29.4 Å². The molecule has 3 aromatic carbocycles. The smallest absolute Gasteiger partial charge is 0.254 e. The van der Waals surface area contributed by atoms with Crippen LogP contribution in [0.15, 0.2) is 77.3 Å². The van der Waals surface area contributed by atoms with Crippen molar-refractivity contribution in [3.05, 3.63) is 94.1 Å². The summed E-state index contributed by atoms with van der Waals surface area (Å²) in [6.07, 6.45) is 0.684. The van der Waals surface area contributed by atoms with Gasteiger partial charge in [-0.15, -0.1) is 0 Å². The zero-order chi connectivity index (χ0) is 21.4. The summed E-state index contributed by atoms with van der Waals surface area (Å²) in [6, 6.07) is 24.2. The van der Waals surface area contributed by atoms with E-state index in [1.54, 1.807) is 7.11 Å². The van der Waals surface area contributed by atoms with Crippen LogP contribution in [0.5, 0.6) is 5.75 Å². The number of hydrogen-bond donors (Lipinski definition) is 0. The number of methoxy groups -OCH3 is 1. The highest BCUT2D eigenvalue weighted by Crippen LogP contribution is 2.31. The van der Waals surface area contributed by atoms with E-state index >= 15 is 0 Å². The lowest BCUT2D eigenvalue weighted by atomic mass is 9.99. The molecule has 31 heavy (non-hydrogen) atoms. The van der Waals surface area contributed by atoms with Crippen molar-refractivity contribution in [2.24, 2.45) is 0 Å². The minimum Gasteiger partial charge on any atom is -0.497 e. The highest BCUT2D eigenvalue weighted by Gasteiger charge is 2.28. The predicted molar refractivity (Wildman–Crippen MR) is 126 cm³/mol. The van der Waals surface area contributed by atoms with Crippen LogP contribution in [0.25, 0.3) is 22.0 Å². The van der Waals surface area contributed by atoms with Crippen LogP contribution in [-0.2, 0) is 13.0 Å². The second-order valence-corrected chi connectivity index (χ2v) is 8.50. The molecule has 154 valence electrons. The Labute approximate surface area is 189 Å². The number of halogens is 1. The number of carbonyl (C=O) groups is 1. The molecule has 0 saturated carbocycles. The number of nitrogens with zero attached hydrogens (tertiary/aromatic N) is 2. The maximum Gasteiger partial charge on any atom is 0.254 e. The van der Waals surface area contributed by atoms with Crippen LogP contribution >= 0.6 is 15.9 Å². The van der Waals surface area contributed by atoms with Crippen molar-refractivity contribution in [1.29, 1.82) is 0 Å². The molecule has 1 amide bonds. The zero-order valence-electron chi connectivity index (χ0n) is 17.1. The number of para-hydroxylation sites is 1. The predicted octanol–water partition coefficient (Wildman–Crippen LogP) is 5.87. The third-order valence-electron chi connectivity index (χ3n) is 5.81. The van der Waals surface area contributed by atoms with Gasteiger partial charge in [-0.05, 0) is 47.5 Å². The summed E-state index contributed by atoms with van der Waals surface area (Å²) in [5.74, 6) is 0.910. The molecule has 0 aliphatic carbocycles. The van der Waals surface area contributed by atoms with Gasteiger partial charge in [0.15, 0.2) is 0 Å². The number of fused-ring (bicyclic) bond motifs is 2. The van der Waals surface area contributed by atoms with Crippen LogP contribution in [0, 0.1) is 0 Å². The highest BCUT2D eigenvalue weighted by molar-refractivity contribution is 9.10. The Kier molecular flexibility index (Phi) is 5.20. The Hall–Kier alpha value is -3.18. The highest BCUT2D eigenvalue weighted by atomic mass is 79.9. The van der Waals surface area contributed by atoms with Gasteiger partial charge in [0.2, 0.25) is 0 Å². The molecule has 1 aromatic heterocycles. The Morgan fingerprint density at radius 1 is 1.00 bits per heavy atom. The Balaban J connectivity index is 1.47. The van der Waals surface area contributed by atoms with Gasteiger partial charge in [-0.2, -0.15) is 0 Å². The van der Waals surface area contributed by atoms with Gasteiger partial charge in [-0.3, -0.25) is 9.78 Å². The van der Waals surface area contributed by atoms with Gasteiger partial charge in [-0.25, -0.2) is 0 Å². The first kappa shape index (κ1) is 19.8. The molecule has 0 atom stereocenters. The molecule has 0 bridgehead atoms. The van der Waals surface area contributed by atoms with E-state index in [0.717, 1.165) is 49.1 Å². The first-order chi connectivity index (χ1) is 15.1. The van der Waals surface area contributed by atoms with E-state index in [1.165, 1.54) is 0 Å². The fraction of sp³-hybridized carbons (Fsp3) is 0.154. The third kappa shape index (κ3) is 3.70. The largest absolute Gasteiger partial charge is 0.497 e. The summed E-state index contributed by atoms with van der Waals surface area (Å²) in [6.45, 7) is 1.25. The van der Waals surface area contributed by atoms with Crippen molar-refractivity contribution in [1.82, 2.24) is 9.88 Å². The molecular formula is C26H21BrN2O2. The fourth-order valence-corrected chi connectivity index (χ4v) is 4.63. The average Bonchev–Trinajstić information content (AvgIpc) is 3.14. The molecule has 1 aliphatic heterocycles. The summed E-state index contributed by atoms with van der Waals surface area (Å²) in [4.78, 5) is 19.8. The third-order valence-corrected chi connectivity index (χ3v) is 6.55. The van der Waals surface area contributed by atoms with Crippen molar-refractivity contribution in [2.75, 3.05) is 13.7 Å². The van der Waals surface area contributed by atoms with Gasteiger partial charge < -0.3 is 9.64 Å². The molecule has 0 saturated heterocycles. The molecule has 5 rings (SSSR count). The number of ether oxygens (including phenoxy) is 1. The molecule has 0 N–H and O–H groups in total. The molecule has 5 heteroatoms. The quantitative estimate of drug-likeness (QED) is 0.364. The SMILES string of the molecule is COc1ccc(-c2cc3ccccc3nc2CCN2Cc3c(Br)cccc3C2=O)cc1. The van der Waals surface area contributed by atoms with E-state index < -0.39 is 0 Å². The summed E-state index contributed by atoms with van der Waals surface area (Å²) in [5, 5.41) is 1.10. The maximum absolute atomic E-state index is 12.9. The second kappa shape index (κ2) is 8.16. The van der Waals surface area contributed by atoms with Crippen molar-refractivity contribution in [3.63, 3.8) is 0 Å². The summed E-state index contributed by atoms with van der Waals surface area (Å²) < 4.78 is 6.30. The van der Waals surface area contributed by atoms with Crippen LogP contribution in [0.1, 0.15) is 21.6 Å². The number of pyridine rings is 1. The number of hydrogen-bond acceptors (Lipinski definition) is 3. The molecule has 4 nitrogen and oxygen atoms in total. The molecule has 0 radical (unpaired) electrons. The summed E-state index contributed by atoms with van der Waals surface area (Å²) in [7, 11) is 1.67. The van der Waals surface area contributed by atoms with Crippen molar-refractivity contribution in [2.45, 2.75) is 13.0 Å². The fourth-order valence-electron chi connectivity index (χ4n) is 4.14. The van der Waals surface area contributed by atoms with Crippen molar-refractivity contribution < 1.29 is 9.53 Å². The number of carbonyl (C=O) groups excluding carboxylic acids is 1. The summed E-state index contributed by atoms with van der Waals surface area (Å²) >= 11 is 3.58. The number of aromatic nitrogens is 1. The van der Waals surface area contributed by atoms with Gasteiger partial charge in [0, 0.05) is 40.5 Å². The molecule has 4 aromatic rings. The molecule has 0 fully saturated rings. The zero-order valence-corrected chi connectivity index (χ0v) is 18.7. The van der Waals surface area contributed by atoms with E-state index in [9.17, 15) is 4.79 Å². The van der Waals surface area contributed by atoms with E-state index in [1.807, 2.05) is 53.4 Å². The first-order valence-corrected chi connectivity index (χ1v) is 11.0. The lowest BCUT2D eigenvalue weighted by molar-refractivity contribution is 0.0780. The minimum atomic E-state index is 0.0862. The Morgan fingerprint density at radius 2 is 1.81 bits per heavy atom. The summed E-state index contributed by atoms with van der Waals surface area (Å²) in [5.41, 5.74) is 5.99. The van der Waals surface area contributed by atoms with Crippen LogP contribution in [0.4, 0.5) is 0 Å². The lowest BCUT2D eigenvalue weighted by Crippen LogP contribution is -2.26. The molecular weight excluding hydrogens is 452 g/mol. The minimum absolute atomic E-state index is 0.0862. The van der Waals surface area contributed by atoms with Crippen molar-refractivity contribution in [3.8, 4) is 16.9 Å². The van der Waals surface area contributed by atoms with Crippen molar-refractivity contribution >= 4 is 32.7 Å². The van der Waals surface area contributed by atoms with Gasteiger partial charge in [-0.1, -0.05) is 52.3 Å². The average molecular weight is 473 g/mol. The van der Waals surface area contributed by atoms with Crippen LogP contribution in [0.3, 0.4) is 0 Å². The van der Waals surface area contributed by atoms with E-state index in [0.29, 0.717) is 19.5 Å². The standard InChI is InChI=1S/C26H21BrN2O2/c1-31-19-11-9-17(10-12-19)21-15-18-5-2-3-8-24(18)28-25(21)13-14-29-16-22-20(26(29)30)6-4-7-23(22)27/h2-12,15H,13-14,16H2,1H3. The topological polar surface area (TPSA) is 42.4 Å². The molecule has 1 aliphatic rings. The van der Waals surface area contributed by atoms with Crippen LogP contribution < -0.4 is 4.74 Å². The normalized spacial score (nSPS) is 13.0. The van der Waals surface area contributed by atoms with E-state index in [4.69, 9.17) is 9.72 Å². The maximum atomic E-state index is 12.9. The number of amides is 1. The number of benzene rings is 3. The molecule has 2 heterocycles. The van der Waals surface area contributed by atoms with Gasteiger partial charge >= 0.3 is 0 Å². The van der Waals surface area contributed by atoms with Gasteiger partial charge in [0.05, 0.1) is 18.3 Å².